The second-order valence-electron chi connectivity index (χ2n) is 6.97. The van der Waals surface area contributed by atoms with Crippen molar-refractivity contribution in [1.29, 1.82) is 0 Å². The van der Waals surface area contributed by atoms with E-state index >= 15 is 0 Å². The number of imide groups is 1. The van der Waals surface area contributed by atoms with Gasteiger partial charge in [0.2, 0.25) is 0 Å². The Morgan fingerprint density at radius 2 is 1.64 bits per heavy atom. The third-order valence-electron chi connectivity index (χ3n) is 4.67. The van der Waals surface area contributed by atoms with Crippen LogP contribution in [-0.2, 0) is 11.3 Å². The van der Waals surface area contributed by atoms with Crippen molar-refractivity contribution in [2.45, 2.75) is 6.54 Å². The summed E-state index contributed by atoms with van der Waals surface area (Å²) in [6, 6.07) is 18.3. The first-order valence-electron chi connectivity index (χ1n) is 9.57. The van der Waals surface area contributed by atoms with Crippen molar-refractivity contribution < 1.29 is 19.1 Å². The molecule has 33 heavy (non-hydrogen) atoms. The molecule has 1 fully saturated rings. The Labute approximate surface area is 212 Å². The summed E-state index contributed by atoms with van der Waals surface area (Å²) in [5.74, 6) is -0.811. The van der Waals surface area contributed by atoms with Crippen LogP contribution in [0, 0.1) is 0 Å². The highest BCUT2D eigenvalue weighted by molar-refractivity contribution is 9.10. The largest absolute Gasteiger partial charge is 0.422 e. The second-order valence-corrected chi connectivity index (χ2v) is 9.75. The third kappa shape index (κ3) is 5.68. The van der Waals surface area contributed by atoms with Crippen molar-refractivity contribution in [3.63, 3.8) is 0 Å². The predicted molar refractivity (Wildman–Crippen MR) is 134 cm³/mol. The topological polar surface area (TPSA) is 63.7 Å². The number of esters is 1. The Balaban J connectivity index is 1.58. The molecule has 0 aliphatic carbocycles. The maximum absolute atomic E-state index is 12.9. The molecular weight excluding hydrogens is 549 g/mol. The molecule has 1 saturated heterocycles. The summed E-state index contributed by atoms with van der Waals surface area (Å²) in [7, 11) is 0. The summed E-state index contributed by atoms with van der Waals surface area (Å²) < 4.78 is 6.43. The molecule has 1 aliphatic rings. The second kappa shape index (κ2) is 10.1. The summed E-state index contributed by atoms with van der Waals surface area (Å²) >= 11 is 16.2. The number of rotatable bonds is 5. The molecule has 1 heterocycles. The zero-order valence-electron chi connectivity index (χ0n) is 16.8. The fourth-order valence-electron chi connectivity index (χ4n) is 3.02. The molecule has 0 bridgehead atoms. The summed E-state index contributed by atoms with van der Waals surface area (Å²) in [6.07, 6.45) is 1.50. The number of carbonyl (C=O) groups excluding carboxylic acids is 3. The molecule has 3 aromatic carbocycles. The van der Waals surface area contributed by atoms with Crippen LogP contribution >= 0.6 is 50.9 Å². The number of thioether (sulfide) groups is 1. The molecule has 1 aliphatic heterocycles. The lowest BCUT2D eigenvalue weighted by Gasteiger charge is -2.12. The Bertz CT molecular complexity index is 1280. The van der Waals surface area contributed by atoms with Crippen molar-refractivity contribution in [2.75, 3.05) is 0 Å². The molecule has 0 atom stereocenters. The van der Waals surface area contributed by atoms with Gasteiger partial charge in [-0.3, -0.25) is 14.5 Å². The van der Waals surface area contributed by atoms with Crippen LogP contribution in [0.25, 0.3) is 6.08 Å². The fraction of sp³-hybridized carbons (Fsp3) is 0.0417. The first-order valence-corrected chi connectivity index (χ1v) is 11.9. The van der Waals surface area contributed by atoms with Gasteiger partial charge in [0, 0.05) is 20.1 Å². The van der Waals surface area contributed by atoms with Gasteiger partial charge in [-0.15, -0.1) is 0 Å². The van der Waals surface area contributed by atoms with Gasteiger partial charge in [0.1, 0.15) is 5.75 Å². The normalized spacial score (nSPS) is 14.8. The van der Waals surface area contributed by atoms with Crippen molar-refractivity contribution in [3.05, 3.63) is 103 Å². The molecule has 0 aromatic heterocycles. The third-order valence-corrected chi connectivity index (χ3v) is 6.59. The monoisotopic (exact) mass is 561 g/mol. The smallest absolute Gasteiger partial charge is 0.343 e. The first kappa shape index (κ1) is 23.6. The van der Waals surface area contributed by atoms with Gasteiger partial charge in [-0.25, -0.2) is 4.79 Å². The number of hydrogen-bond acceptors (Lipinski definition) is 5. The summed E-state index contributed by atoms with van der Waals surface area (Å²) in [5, 5.41) is 0.509. The maximum atomic E-state index is 12.9. The van der Waals surface area contributed by atoms with Gasteiger partial charge in [0.25, 0.3) is 11.1 Å². The van der Waals surface area contributed by atoms with E-state index < -0.39 is 11.9 Å². The van der Waals surface area contributed by atoms with E-state index in [9.17, 15) is 14.4 Å². The molecule has 3 aromatic rings. The maximum Gasteiger partial charge on any atom is 0.343 e. The lowest BCUT2D eigenvalue weighted by molar-refractivity contribution is -0.123. The molecule has 0 saturated carbocycles. The number of halogens is 3. The minimum Gasteiger partial charge on any atom is -0.422 e. The van der Waals surface area contributed by atoms with Crippen molar-refractivity contribution >= 4 is 74.1 Å². The lowest BCUT2D eigenvalue weighted by atomic mass is 10.1. The quantitative estimate of drug-likeness (QED) is 0.187. The molecule has 4 rings (SSSR count). The fourth-order valence-corrected chi connectivity index (χ4v) is 4.42. The predicted octanol–water partition coefficient (Wildman–Crippen LogP) is 7.21. The highest BCUT2D eigenvalue weighted by atomic mass is 79.9. The van der Waals surface area contributed by atoms with Gasteiger partial charge in [0.05, 0.1) is 17.0 Å². The van der Waals surface area contributed by atoms with Gasteiger partial charge in [-0.2, -0.15) is 0 Å². The van der Waals surface area contributed by atoms with E-state index in [0.717, 1.165) is 21.8 Å². The number of nitrogens with zero attached hydrogens (tertiary/aromatic N) is 1. The van der Waals surface area contributed by atoms with Gasteiger partial charge < -0.3 is 4.74 Å². The first-order chi connectivity index (χ1) is 15.8. The summed E-state index contributed by atoms with van der Waals surface area (Å²) in [4.78, 5) is 39.3. The van der Waals surface area contributed by atoms with Crippen LogP contribution in [0.1, 0.15) is 21.5 Å². The Morgan fingerprint density at radius 3 is 2.33 bits per heavy atom. The Morgan fingerprint density at radius 1 is 0.970 bits per heavy atom. The number of ether oxygens (including phenoxy) is 1. The van der Waals surface area contributed by atoms with E-state index in [0.29, 0.717) is 21.2 Å². The van der Waals surface area contributed by atoms with Gasteiger partial charge in [-0.1, -0.05) is 51.3 Å². The van der Waals surface area contributed by atoms with Crippen molar-refractivity contribution in [3.8, 4) is 5.75 Å². The Kier molecular flexibility index (Phi) is 7.24. The van der Waals surface area contributed by atoms with Gasteiger partial charge in [-0.05, 0) is 78.0 Å². The molecular formula is C24H14BrCl2NO4S. The summed E-state index contributed by atoms with van der Waals surface area (Å²) in [5.41, 5.74) is 1.54. The number of carbonyl (C=O) groups is 3. The molecule has 166 valence electrons. The van der Waals surface area contributed by atoms with Gasteiger partial charge in [0.15, 0.2) is 0 Å². The molecule has 0 unspecified atom stereocenters. The van der Waals surface area contributed by atoms with E-state index in [1.165, 1.54) is 17.0 Å². The summed E-state index contributed by atoms with van der Waals surface area (Å²) in [6.45, 7) is 0.156. The molecule has 0 N–H and O–H groups in total. The van der Waals surface area contributed by atoms with Crippen LogP contribution in [0.5, 0.6) is 5.75 Å². The van der Waals surface area contributed by atoms with Crippen LogP contribution in [0.15, 0.2) is 76.1 Å². The van der Waals surface area contributed by atoms with Crippen LogP contribution in [0.2, 0.25) is 10.0 Å². The SMILES string of the molecule is O=C(Oc1ccc(Cl)cc1/C=C1\SC(=O)N(Cc2ccc(Br)cc2)C1=O)c1ccc(Cl)cc1. The van der Waals surface area contributed by atoms with Crippen LogP contribution in [0.4, 0.5) is 4.79 Å². The molecule has 9 heteroatoms. The highest BCUT2D eigenvalue weighted by Crippen LogP contribution is 2.36. The van der Waals surface area contributed by atoms with E-state index in [-0.39, 0.29) is 22.4 Å². The molecule has 5 nitrogen and oxygen atoms in total. The van der Waals surface area contributed by atoms with Crippen LogP contribution < -0.4 is 4.74 Å². The lowest BCUT2D eigenvalue weighted by Crippen LogP contribution is -2.27. The van der Waals surface area contributed by atoms with Crippen molar-refractivity contribution in [1.82, 2.24) is 4.90 Å². The number of amides is 2. The number of benzene rings is 3. The molecule has 0 radical (unpaired) electrons. The average molecular weight is 563 g/mol. The van der Waals surface area contributed by atoms with E-state index in [1.54, 1.807) is 36.4 Å². The van der Waals surface area contributed by atoms with Crippen LogP contribution in [-0.4, -0.2) is 22.0 Å². The average Bonchev–Trinajstić information content (AvgIpc) is 3.05. The standard InChI is InChI=1S/C24H14BrCl2NO4S/c25-17-5-1-14(2-6-17)13-28-22(29)21(33-24(28)31)12-16-11-19(27)9-10-20(16)32-23(30)15-3-7-18(26)8-4-15/h1-12H,13H2/b21-12-. The zero-order valence-corrected chi connectivity index (χ0v) is 20.7. The Hall–Kier alpha value is -2.58. The minimum absolute atomic E-state index is 0.156. The molecule has 2 amide bonds. The van der Waals surface area contributed by atoms with E-state index in [2.05, 4.69) is 15.9 Å². The minimum atomic E-state index is -0.591. The zero-order chi connectivity index (χ0) is 23.5. The van der Waals surface area contributed by atoms with E-state index in [1.807, 2.05) is 24.3 Å². The van der Waals surface area contributed by atoms with Gasteiger partial charge >= 0.3 is 5.97 Å². The highest BCUT2D eigenvalue weighted by Gasteiger charge is 2.35. The van der Waals surface area contributed by atoms with Crippen molar-refractivity contribution in [2.24, 2.45) is 0 Å². The number of hydrogen-bond donors (Lipinski definition) is 0. The van der Waals surface area contributed by atoms with Crippen LogP contribution in [0.3, 0.4) is 0 Å². The molecule has 0 spiro atoms. The van der Waals surface area contributed by atoms with E-state index in [4.69, 9.17) is 27.9 Å².